The zero-order valence-electron chi connectivity index (χ0n) is 7.92. The third-order valence-corrected chi connectivity index (χ3v) is 2.73. The molecule has 0 aromatic rings. The maximum atomic E-state index is 11.7. The van der Waals surface area contributed by atoms with E-state index in [9.17, 15) is 9.90 Å². The van der Waals surface area contributed by atoms with E-state index >= 15 is 0 Å². The lowest BCUT2D eigenvalue weighted by Gasteiger charge is -2.45. The van der Waals surface area contributed by atoms with Crippen LogP contribution in [-0.2, 0) is 4.79 Å². The number of carbonyl (C=O) groups is 1. The lowest BCUT2D eigenvalue weighted by molar-refractivity contribution is -0.154. The van der Waals surface area contributed by atoms with Crippen LogP contribution in [-0.4, -0.2) is 47.2 Å². The normalized spacial score (nSPS) is 31.5. The molecule has 1 atom stereocenters. The Labute approximate surface area is 77.9 Å². The monoisotopic (exact) mass is 184 g/mol. The molecular weight excluding hydrogens is 168 g/mol. The van der Waals surface area contributed by atoms with Crippen LogP contribution in [0.15, 0.2) is 0 Å². The molecule has 2 aliphatic rings. The molecule has 2 N–H and O–H groups in total. The molecule has 4 heteroatoms. The number of hydrogen-bond donors (Lipinski definition) is 2. The molecule has 0 aromatic heterocycles. The molecular formula is C9H16N2O2. The average molecular weight is 184 g/mol. The molecule has 0 bridgehead atoms. The van der Waals surface area contributed by atoms with Crippen molar-refractivity contribution in [2.75, 3.05) is 19.6 Å². The zero-order chi connectivity index (χ0) is 9.47. The molecule has 0 aromatic carbocycles. The Kier molecular flexibility index (Phi) is 2.04. The molecule has 2 saturated heterocycles. The predicted molar refractivity (Wildman–Crippen MR) is 48.2 cm³/mol. The van der Waals surface area contributed by atoms with Crippen LogP contribution < -0.4 is 5.32 Å². The second-order valence-electron chi connectivity index (χ2n) is 4.34. The van der Waals surface area contributed by atoms with Crippen LogP contribution in [0.1, 0.15) is 19.8 Å². The third-order valence-electron chi connectivity index (χ3n) is 2.73. The van der Waals surface area contributed by atoms with E-state index in [2.05, 4.69) is 5.32 Å². The van der Waals surface area contributed by atoms with Gasteiger partial charge in [-0.15, -0.1) is 0 Å². The zero-order valence-corrected chi connectivity index (χ0v) is 7.92. The molecule has 4 nitrogen and oxygen atoms in total. The average Bonchev–Trinajstić information content (AvgIpc) is 2.50. The van der Waals surface area contributed by atoms with Gasteiger partial charge in [-0.05, 0) is 26.3 Å². The summed E-state index contributed by atoms with van der Waals surface area (Å²) in [6.45, 7) is 3.69. The summed E-state index contributed by atoms with van der Waals surface area (Å²) < 4.78 is 0. The first-order valence-electron chi connectivity index (χ1n) is 4.83. The minimum atomic E-state index is -0.645. The number of nitrogens with one attached hydrogen (secondary N) is 1. The van der Waals surface area contributed by atoms with Crippen molar-refractivity contribution in [2.24, 2.45) is 0 Å². The molecule has 1 unspecified atom stereocenters. The van der Waals surface area contributed by atoms with Gasteiger partial charge in [-0.1, -0.05) is 0 Å². The van der Waals surface area contributed by atoms with Crippen LogP contribution in [0.5, 0.6) is 0 Å². The summed E-state index contributed by atoms with van der Waals surface area (Å²) in [6, 6.07) is 0.0103. The molecule has 0 radical (unpaired) electrons. The van der Waals surface area contributed by atoms with Gasteiger partial charge in [0.25, 0.3) is 0 Å². The summed E-state index contributed by atoms with van der Waals surface area (Å²) in [5, 5.41) is 12.6. The lowest BCUT2D eigenvalue weighted by Crippen LogP contribution is -2.64. The van der Waals surface area contributed by atoms with E-state index in [0.29, 0.717) is 13.1 Å². The Bertz CT molecular complexity index is 214. The van der Waals surface area contributed by atoms with Gasteiger partial charge in [0.1, 0.15) is 0 Å². The van der Waals surface area contributed by atoms with Gasteiger partial charge in [0, 0.05) is 0 Å². The summed E-state index contributed by atoms with van der Waals surface area (Å²) in [4.78, 5) is 13.4. The highest BCUT2D eigenvalue weighted by Crippen LogP contribution is 2.22. The van der Waals surface area contributed by atoms with Gasteiger partial charge in [-0.2, -0.15) is 0 Å². The lowest BCUT2D eigenvalue weighted by atomic mass is 9.96. The Hall–Kier alpha value is -0.610. The first-order chi connectivity index (χ1) is 6.08. The SMILES string of the molecule is CC1(O)CN(C(=O)C2CCCN2)C1. The summed E-state index contributed by atoms with van der Waals surface area (Å²) in [7, 11) is 0. The van der Waals surface area contributed by atoms with E-state index in [-0.39, 0.29) is 11.9 Å². The smallest absolute Gasteiger partial charge is 0.239 e. The van der Waals surface area contributed by atoms with Crippen molar-refractivity contribution in [1.82, 2.24) is 10.2 Å². The Morgan fingerprint density at radius 2 is 2.31 bits per heavy atom. The van der Waals surface area contributed by atoms with E-state index in [1.807, 2.05) is 0 Å². The minimum Gasteiger partial charge on any atom is -0.386 e. The van der Waals surface area contributed by atoms with Crippen molar-refractivity contribution < 1.29 is 9.90 Å². The number of rotatable bonds is 1. The molecule has 2 fully saturated rings. The summed E-state index contributed by atoms with van der Waals surface area (Å²) in [5.74, 6) is 0.157. The van der Waals surface area contributed by atoms with Gasteiger partial charge < -0.3 is 15.3 Å². The fraction of sp³-hybridized carbons (Fsp3) is 0.889. The van der Waals surface area contributed by atoms with E-state index in [0.717, 1.165) is 19.4 Å². The number of β-amino-alcohol motifs (C(OH)–C–C–N with tert-alkyl or cyclic N) is 1. The van der Waals surface area contributed by atoms with Crippen LogP contribution in [0.3, 0.4) is 0 Å². The largest absolute Gasteiger partial charge is 0.386 e. The van der Waals surface area contributed by atoms with Crippen molar-refractivity contribution >= 4 is 5.91 Å². The van der Waals surface area contributed by atoms with E-state index in [4.69, 9.17) is 0 Å². The predicted octanol–water partition coefficient (Wildman–Crippen LogP) is -0.668. The van der Waals surface area contributed by atoms with Crippen molar-refractivity contribution in [2.45, 2.75) is 31.4 Å². The quantitative estimate of drug-likeness (QED) is 0.568. The molecule has 2 rings (SSSR count). The van der Waals surface area contributed by atoms with Crippen molar-refractivity contribution in [3.8, 4) is 0 Å². The van der Waals surface area contributed by atoms with Gasteiger partial charge in [-0.25, -0.2) is 0 Å². The Balaban J connectivity index is 1.85. The topological polar surface area (TPSA) is 52.6 Å². The molecule has 1 amide bonds. The third kappa shape index (κ3) is 1.69. The summed E-state index contributed by atoms with van der Waals surface area (Å²) in [5.41, 5.74) is -0.645. The van der Waals surface area contributed by atoms with Crippen molar-refractivity contribution in [3.05, 3.63) is 0 Å². The highest BCUT2D eigenvalue weighted by Gasteiger charge is 2.41. The molecule has 2 aliphatic heterocycles. The van der Waals surface area contributed by atoms with Crippen LogP contribution in [0.2, 0.25) is 0 Å². The number of hydrogen-bond acceptors (Lipinski definition) is 3. The maximum absolute atomic E-state index is 11.7. The summed E-state index contributed by atoms with van der Waals surface area (Å²) in [6.07, 6.45) is 2.03. The van der Waals surface area contributed by atoms with E-state index < -0.39 is 5.60 Å². The fourth-order valence-corrected chi connectivity index (χ4v) is 2.05. The van der Waals surface area contributed by atoms with E-state index in [1.165, 1.54) is 0 Å². The van der Waals surface area contributed by atoms with Crippen molar-refractivity contribution in [1.29, 1.82) is 0 Å². The molecule has 13 heavy (non-hydrogen) atoms. The van der Waals surface area contributed by atoms with Gasteiger partial charge in [0.15, 0.2) is 0 Å². The highest BCUT2D eigenvalue weighted by atomic mass is 16.3. The number of aliphatic hydroxyl groups is 1. The number of nitrogens with zero attached hydrogens (tertiary/aromatic N) is 1. The second-order valence-corrected chi connectivity index (χ2v) is 4.34. The second kappa shape index (κ2) is 2.96. The van der Waals surface area contributed by atoms with Crippen LogP contribution in [0.4, 0.5) is 0 Å². The molecule has 2 heterocycles. The number of carbonyl (C=O) groups excluding carboxylic acids is 1. The van der Waals surface area contributed by atoms with Crippen LogP contribution in [0.25, 0.3) is 0 Å². The van der Waals surface area contributed by atoms with Crippen LogP contribution in [0, 0.1) is 0 Å². The fourth-order valence-electron chi connectivity index (χ4n) is 2.05. The Morgan fingerprint density at radius 3 is 2.77 bits per heavy atom. The Morgan fingerprint density at radius 1 is 1.62 bits per heavy atom. The first-order valence-corrected chi connectivity index (χ1v) is 4.83. The molecule has 74 valence electrons. The number of amides is 1. The minimum absolute atomic E-state index is 0.0103. The van der Waals surface area contributed by atoms with Gasteiger partial charge in [-0.3, -0.25) is 4.79 Å². The van der Waals surface area contributed by atoms with E-state index in [1.54, 1.807) is 11.8 Å². The molecule has 0 saturated carbocycles. The van der Waals surface area contributed by atoms with Gasteiger partial charge in [0.05, 0.1) is 24.7 Å². The van der Waals surface area contributed by atoms with Crippen LogP contribution >= 0.6 is 0 Å². The molecule has 0 spiro atoms. The van der Waals surface area contributed by atoms with Crippen molar-refractivity contribution in [3.63, 3.8) is 0 Å². The number of likely N-dealkylation sites (tertiary alicyclic amines) is 1. The standard InChI is InChI=1S/C9H16N2O2/c1-9(13)5-11(6-9)8(12)7-3-2-4-10-7/h7,10,13H,2-6H2,1H3. The van der Waals surface area contributed by atoms with Gasteiger partial charge in [0.2, 0.25) is 5.91 Å². The van der Waals surface area contributed by atoms with Gasteiger partial charge >= 0.3 is 0 Å². The molecule has 0 aliphatic carbocycles. The first kappa shape index (κ1) is 8.97. The summed E-state index contributed by atoms with van der Waals surface area (Å²) >= 11 is 0. The maximum Gasteiger partial charge on any atom is 0.239 e. The highest BCUT2D eigenvalue weighted by molar-refractivity contribution is 5.83.